The average Bonchev–Trinajstić information content (AvgIpc) is 2.98. The first-order valence-corrected chi connectivity index (χ1v) is 7.01. The van der Waals surface area contributed by atoms with E-state index in [1.165, 1.54) is 10.7 Å². The lowest BCUT2D eigenvalue weighted by atomic mass is 10.2. The van der Waals surface area contributed by atoms with Gasteiger partial charge in [0.25, 0.3) is 5.91 Å². The number of carbonyl (C=O) groups is 2. The van der Waals surface area contributed by atoms with E-state index in [4.69, 9.17) is 5.73 Å². The maximum absolute atomic E-state index is 11.9. The number of primary amides is 1. The molecule has 7 nitrogen and oxygen atoms in total. The highest BCUT2D eigenvalue weighted by Crippen LogP contribution is 2.19. The molecule has 1 aromatic heterocycles. The monoisotopic (exact) mass is 301 g/mol. The van der Waals surface area contributed by atoms with E-state index in [0.717, 1.165) is 13.0 Å². The number of rotatable bonds is 7. The van der Waals surface area contributed by atoms with Crippen molar-refractivity contribution in [2.75, 3.05) is 18.9 Å². The Kier molecular flexibility index (Phi) is 5.26. The molecule has 1 heterocycles. The van der Waals surface area contributed by atoms with Gasteiger partial charge in [-0.3, -0.25) is 9.59 Å². The van der Waals surface area contributed by atoms with Crippen LogP contribution in [0.15, 0.2) is 36.5 Å². The van der Waals surface area contributed by atoms with E-state index in [0.29, 0.717) is 17.8 Å². The highest BCUT2D eigenvalue weighted by molar-refractivity contribution is 5.93. The van der Waals surface area contributed by atoms with Crippen molar-refractivity contribution in [1.82, 2.24) is 15.1 Å². The van der Waals surface area contributed by atoms with Crippen molar-refractivity contribution < 1.29 is 9.59 Å². The van der Waals surface area contributed by atoms with Crippen molar-refractivity contribution >= 4 is 17.5 Å². The van der Waals surface area contributed by atoms with Gasteiger partial charge in [-0.05, 0) is 38.2 Å². The lowest BCUT2D eigenvalue weighted by Crippen LogP contribution is -2.16. The van der Waals surface area contributed by atoms with Crippen molar-refractivity contribution in [3.05, 3.63) is 42.2 Å². The third kappa shape index (κ3) is 3.92. The SMILES string of the molecule is CNCCCC(=O)Nc1ccccc1-n1ccc(C(N)=O)n1. The topological polar surface area (TPSA) is 102 Å². The average molecular weight is 301 g/mol. The number of para-hydroxylation sites is 2. The van der Waals surface area contributed by atoms with Crippen LogP contribution in [0.4, 0.5) is 5.69 Å². The highest BCUT2D eigenvalue weighted by Gasteiger charge is 2.11. The minimum absolute atomic E-state index is 0.0648. The van der Waals surface area contributed by atoms with Gasteiger partial charge >= 0.3 is 0 Å². The molecule has 0 aliphatic heterocycles. The molecule has 0 aliphatic rings. The summed E-state index contributed by atoms with van der Waals surface area (Å²) in [5.74, 6) is -0.655. The fourth-order valence-corrected chi connectivity index (χ4v) is 2.01. The van der Waals surface area contributed by atoms with Gasteiger partial charge in [-0.2, -0.15) is 5.10 Å². The number of nitrogens with two attached hydrogens (primary N) is 1. The van der Waals surface area contributed by atoms with Gasteiger partial charge in [0, 0.05) is 12.6 Å². The molecule has 0 spiro atoms. The van der Waals surface area contributed by atoms with Crippen LogP contribution >= 0.6 is 0 Å². The zero-order chi connectivity index (χ0) is 15.9. The Balaban J connectivity index is 2.15. The molecule has 7 heteroatoms. The lowest BCUT2D eigenvalue weighted by Gasteiger charge is -2.11. The van der Waals surface area contributed by atoms with E-state index in [9.17, 15) is 9.59 Å². The summed E-state index contributed by atoms with van der Waals surface area (Å²) in [6.45, 7) is 0.788. The summed E-state index contributed by atoms with van der Waals surface area (Å²) < 4.78 is 1.52. The van der Waals surface area contributed by atoms with Gasteiger partial charge in [0.2, 0.25) is 5.91 Å². The Morgan fingerprint density at radius 3 is 2.73 bits per heavy atom. The second-order valence-electron chi connectivity index (χ2n) is 4.78. The summed E-state index contributed by atoms with van der Waals surface area (Å²) in [6, 6.07) is 8.79. The first-order chi connectivity index (χ1) is 10.6. The number of nitrogens with zero attached hydrogens (tertiary/aromatic N) is 2. The van der Waals surface area contributed by atoms with Gasteiger partial charge < -0.3 is 16.4 Å². The van der Waals surface area contributed by atoms with Gasteiger partial charge in [-0.15, -0.1) is 0 Å². The number of hydrogen-bond acceptors (Lipinski definition) is 4. The Labute approximate surface area is 128 Å². The van der Waals surface area contributed by atoms with Gasteiger partial charge in [0.1, 0.15) is 5.69 Å². The molecular formula is C15H19N5O2. The Morgan fingerprint density at radius 2 is 2.05 bits per heavy atom. The third-order valence-corrected chi connectivity index (χ3v) is 3.10. The predicted molar refractivity (Wildman–Crippen MR) is 83.9 cm³/mol. The second-order valence-corrected chi connectivity index (χ2v) is 4.78. The number of benzene rings is 1. The Hall–Kier alpha value is -2.67. The molecule has 0 aliphatic carbocycles. The molecule has 0 saturated heterocycles. The number of nitrogens with one attached hydrogen (secondary N) is 2. The molecular weight excluding hydrogens is 282 g/mol. The smallest absolute Gasteiger partial charge is 0.269 e. The summed E-state index contributed by atoms with van der Waals surface area (Å²) in [7, 11) is 1.85. The summed E-state index contributed by atoms with van der Waals surface area (Å²) in [4.78, 5) is 23.1. The molecule has 116 valence electrons. The van der Waals surface area contributed by atoms with E-state index in [2.05, 4.69) is 15.7 Å². The van der Waals surface area contributed by atoms with Crippen molar-refractivity contribution in [2.45, 2.75) is 12.8 Å². The fourth-order valence-electron chi connectivity index (χ4n) is 2.01. The van der Waals surface area contributed by atoms with Crippen LogP contribution in [0.5, 0.6) is 0 Å². The number of aromatic nitrogens is 2. The van der Waals surface area contributed by atoms with E-state index >= 15 is 0 Å². The van der Waals surface area contributed by atoms with Crippen molar-refractivity contribution in [3.63, 3.8) is 0 Å². The van der Waals surface area contributed by atoms with Crippen LogP contribution in [0.3, 0.4) is 0 Å². The molecule has 22 heavy (non-hydrogen) atoms. The Morgan fingerprint density at radius 1 is 1.27 bits per heavy atom. The van der Waals surface area contributed by atoms with Crippen LogP contribution < -0.4 is 16.4 Å². The first kappa shape index (κ1) is 15.7. The van der Waals surface area contributed by atoms with Crippen LogP contribution in [0.1, 0.15) is 23.3 Å². The molecule has 2 aromatic rings. The first-order valence-electron chi connectivity index (χ1n) is 7.01. The quantitative estimate of drug-likeness (QED) is 0.661. The fraction of sp³-hybridized carbons (Fsp3) is 0.267. The molecule has 0 saturated carbocycles. The maximum atomic E-state index is 11.9. The standard InChI is InChI=1S/C15H19N5O2/c1-17-9-4-7-14(21)18-11-5-2-3-6-13(11)20-10-8-12(19-20)15(16)22/h2-3,5-6,8,10,17H,4,7,9H2,1H3,(H2,16,22)(H,18,21). The highest BCUT2D eigenvalue weighted by atomic mass is 16.2. The zero-order valence-corrected chi connectivity index (χ0v) is 12.4. The number of carbonyl (C=O) groups excluding carboxylic acids is 2. The van der Waals surface area contributed by atoms with E-state index in [1.54, 1.807) is 18.3 Å². The van der Waals surface area contributed by atoms with Crippen LogP contribution in [0.2, 0.25) is 0 Å². The zero-order valence-electron chi connectivity index (χ0n) is 12.4. The van der Waals surface area contributed by atoms with E-state index < -0.39 is 5.91 Å². The number of amides is 2. The molecule has 0 fully saturated rings. The van der Waals surface area contributed by atoms with Crippen LogP contribution in [-0.4, -0.2) is 35.2 Å². The summed E-state index contributed by atoms with van der Waals surface area (Å²) in [5.41, 5.74) is 6.69. The van der Waals surface area contributed by atoms with Crippen LogP contribution in [-0.2, 0) is 4.79 Å². The van der Waals surface area contributed by atoms with Crippen LogP contribution in [0, 0.1) is 0 Å². The largest absolute Gasteiger partial charge is 0.364 e. The minimum Gasteiger partial charge on any atom is -0.364 e. The predicted octanol–water partition coefficient (Wildman–Crippen LogP) is 0.909. The molecule has 0 bridgehead atoms. The van der Waals surface area contributed by atoms with E-state index in [1.807, 2.05) is 19.2 Å². The molecule has 2 rings (SSSR count). The number of hydrogen-bond donors (Lipinski definition) is 3. The molecule has 0 radical (unpaired) electrons. The van der Waals surface area contributed by atoms with Gasteiger partial charge in [-0.25, -0.2) is 4.68 Å². The van der Waals surface area contributed by atoms with Gasteiger partial charge in [0.05, 0.1) is 11.4 Å². The van der Waals surface area contributed by atoms with E-state index in [-0.39, 0.29) is 11.6 Å². The summed E-state index contributed by atoms with van der Waals surface area (Å²) in [5, 5.41) is 9.97. The van der Waals surface area contributed by atoms with Gasteiger partial charge in [0.15, 0.2) is 0 Å². The summed E-state index contributed by atoms with van der Waals surface area (Å²) in [6.07, 6.45) is 2.82. The molecule has 4 N–H and O–H groups in total. The summed E-state index contributed by atoms with van der Waals surface area (Å²) >= 11 is 0. The van der Waals surface area contributed by atoms with Crippen LogP contribution in [0.25, 0.3) is 5.69 Å². The molecule has 2 amide bonds. The van der Waals surface area contributed by atoms with Gasteiger partial charge in [-0.1, -0.05) is 12.1 Å². The third-order valence-electron chi connectivity index (χ3n) is 3.10. The van der Waals surface area contributed by atoms with Crippen molar-refractivity contribution in [1.29, 1.82) is 0 Å². The molecule has 0 unspecified atom stereocenters. The Bertz CT molecular complexity index is 665. The van der Waals surface area contributed by atoms with Crippen molar-refractivity contribution in [2.24, 2.45) is 5.73 Å². The number of anilines is 1. The van der Waals surface area contributed by atoms with Crippen molar-refractivity contribution in [3.8, 4) is 5.69 Å². The molecule has 0 atom stereocenters. The molecule has 1 aromatic carbocycles. The lowest BCUT2D eigenvalue weighted by molar-refractivity contribution is -0.116. The maximum Gasteiger partial charge on any atom is 0.269 e. The second kappa shape index (κ2) is 7.37. The normalized spacial score (nSPS) is 10.4. The minimum atomic E-state index is -0.590.